The summed E-state index contributed by atoms with van der Waals surface area (Å²) in [5.74, 6) is 0.253. The van der Waals surface area contributed by atoms with E-state index in [0.29, 0.717) is 12.2 Å². The minimum absolute atomic E-state index is 0.177. The van der Waals surface area contributed by atoms with Crippen molar-refractivity contribution >= 4 is 11.8 Å². The molecule has 2 aromatic carbocycles. The van der Waals surface area contributed by atoms with Crippen LogP contribution in [0, 0.1) is 6.92 Å². The van der Waals surface area contributed by atoms with Gasteiger partial charge in [0.15, 0.2) is 0 Å². The van der Waals surface area contributed by atoms with E-state index in [1.54, 1.807) is 31.2 Å². The first-order valence-electron chi connectivity index (χ1n) is 8.31. The van der Waals surface area contributed by atoms with Crippen LogP contribution in [-0.2, 0) is 4.79 Å². The first kappa shape index (κ1) is 18.5. The van der Waals surface area contributed by atoms with Crippen LogP contribution < -0.4 is 15.4 Å². The van der Waals surface area contributed by atoms with Crippen LogP contribution in [0.25, 0.3) is 0 Å². The molecule has 2 rings (SSSR count). The van der Waals surface area contributed by atoms with Crippen molar-refractivity contribution in [1.82, 2.24) is 10.6 Å². The van der Waals surface area contributed by atoms with Crippen molar-refractivity contribution in [1.29, 1.82) is 0 Å². The average Bonchev–Trinajstić information content (AvgIpc) is 2.60. The molecular formula is C20H24N2O3. The third-order valence-corrected chi connectivity index (χ3v) is 3.66. The van der Waals surface area contributed by atoms with E-state index in [0.717, 1.165) is 11.3 Å². The Labute approximate surface area is 148 Å². The first-order valence-corrected chi connectivity index (χ1v) is 8.31. The van der Waals surface area contributed by atoms with Crippen LogP contribution in [0.3, 0.4) is 0 Å². The summed E-state index contributed by atoms with van der Waals surface area (Å²) < 4.78 is 5.68. The molecule has 0 bridgehead atoms. The van der Waals surface area contributed by atoms with Crippen molar-refractivity contribution in [3.63, 3.8) is 0 Å². The molecule has 2 N–H and O–H groups in total. The average molecular weight is 340 g/mol. The molecule has 5 heteroatoms. The molecule has 0 aromatic heterocycles. The number of ether oxygens (including phenoxy) is 1. The summed E-state index contributed by atoms with van der Waals surface area (Å²) >= 11 is 0. The molecule has 2 atom stereocenters. The quantitative estimate of drug-likeness (QED) is 0.814. The number of nitrogens with one attached hydrogen (secondary N) is 2. The Morgan fingerprint density at radius 3 is 2.40 bits per heavy atom. The molecule has 0 heterocycles. The van der Waals surface area contributed by atoms with Gasteiger partial charge in [0, 0.05) is 5.56 Å². The van der Waals surface area contributed by atoms with Crippen LogP contribution in [-0.4, -0.2) is 30.5 Å². The normalized spacial score (nSPS) is 12.8. The van der Waals surface area contributed by atoms with E-state index in [1.165, 1.54) is 0 Å². The number of amides is 2. The lowest BCUT2D eigenvalue weighted by Gasteiger charge is -2.19. The highest BCUT2D eigenvalue weighted by molar-refractivity contribution is 5.97. The monoisotopic (exact) mass is 340 g/mol. The molecule has 5 nitrogen and oxygen atoms in total. The number of hydrogen-bond donors (Lipinski definition) is 2. The fourth-order valence-corrected chi connectivity index (χ4v) is 2.27. The maximum Gasteiger partial charge on any atom is 0.251 e. The molecule has 2 unspecified atom stereocenters. The first-order chi connectivity index (χ1) is 12.0. The Balaban J connectivity index is 1.78. The van der Waals surface area contributed by atoms with E-state index in [4.69, 9.17) is 4.74 Å². The summed E-state index contributed by atoms with van der Waals surface area (Å²) in [7, 11) is 0. The van der Waals surface area contributed by atoms with E-state index in [1.807, 2.05) is 44.2 Å². The Bertz CT molecular complexity index is 716. The van der Waals surface area contributed by atoms with Gasteiger partial charge < -0.3 is 15.4 Å². The van der Waals surface area contributed by atoms with Crippen molar-refractivity contribution < 1.29 is 14.3 Å². The van der Waals surface area contributed by atoms with Gasteiger partial charge in [0.25, 0.3) is 5.91 Å². The van der Waals surface area contributed by atoms with Crippen molar-refractivity contribution in [2.75, 3.05) is 6.61 Å². The third kappa shape index (κ3) is 5.95. The number of benzene rings is 2. The van der Waals surface area contributed by atoms with E-state index in [2.05, 4.69) is 10.6 Å². The molecular weight excluding hydrogens is 316 g/mol. The SMILES string of the molecule is Cc1cccc(OCC(C)NC(=O)C(C)NC(=O)c2ccccc2)c1. The van der Waals surface area contributed by atoms with Gasteiger partial charge in [-0.25, -0.2) is 0 Å². The Kier molecular flexibility index (Phi) is 6.57. The molecule has 0 saturated carbocycles. The van der Waals surface area contributed by atoms with Gasteiger partial charge in [-0.05, 0) is 50.6 Å². The van der Waals surface area contributed by atoms with Crippen LogP contribution in [0.15, 0.2) is 54.6 Å². The largest absolute Gasteiger partial charge is 0.491 e. The number of carbonyl (C=O) groups is 2. The minimum atomic E-state index is -0.630. The van der Waals surface area contributed by atoms with Crippen LogP contribution >= 0.6 is 0 Å². The Hall–Kier alpha value is -2.82. The predicted octanol–water partition coefficient (Wildman–Crippen LogP) is 2.70. The molecule has 0 fully saturated rings. The maximum absolute atomic E-state index is 12.2. The van der Waals surface area contributed by atoms with Crippen molar-refractivity contribution in [2.24, 2.45) is 0 Å². The minimum Gasteiger partial charge on any atom is -0.491 e. The Morgan fingerprint density at radius 2 is 1.72 bits per heavy atom. The smallest absolute Gasteiger partial charge is 0.251 e. The molecule has 2 amide bonds. The fourth-order valence-electron chi connectivity index (χ4n) is 2.27. The highest BCUT2D eigenvalue weighted by Gasteiger charge is 2.18. The second-order valence-corrected chi connectivity index (χ2v) is 6.10. The lowest BCUT2D eigenvalue weighted by atomic mass is 10.2. The van der Waals surface area contributed by atoms with Crippen LogP contribution in [0.4, 0.5) is 0 Å². The summed E-state index contributed by atoms with van der Waals surface area (Å²) in [6.45, 7) is 5.87. The highest BCUT2D eigenvalue weighted by atomic mass is 16.5. The van der Waals surface area contributed by atoms with Gasteiger partial charge in [-0.2, -0.15) is 0 Å². The fraction of sp³-hybridized carbons (Fsp3) is 0.300. The van der Waals surface area contributed by atoms with E-state index in [-0.39, 0.29) is 17.9 Å². The van der Waals surface area contributed by atoms with E-state index >= 15 is 0 Å². The van der Waals surface area contributed by atoms with Crippen molar-refractivity contribution in [3.05, 3.63) is 65.7 Å². The van der Waals surface area contributed by atoms with Gasteiger partial charge >= 0.3 is 0 Å². The molecule has 0 saturated heterocycles. The third-order valence-electron chi connectivity index (χ3n) is 3.66. The molecule has 0 aliphatic carbocycles. The predicted molar refractivity (Wildman–Crippen MR) is 97.6 cm³/mol. The van der Waals surface area contributed by atoms with Gasteiger partial charge in [-0.15, -0.1) is 0 Å². The molecule has 0 radical (unpaired) electrons. The molecule has 25 heavy (non-hydrogen) atoms. The van der Waals surface area contributed by atoms with Crippen LogP contribution in [0.2, 0.25) is 0 Å². The summed E-state index contributed by atoms with van der Waals surface area (Å²) in [6, 6.07) is 15.7. The lowest BCUT2D eigenvalue weighted by molar-refractivity contribution is -0.123. The number of carbonyl (C=O) groups excluding carboxylic acids is 2. The van der Waals surface area contributed by atoms with Gasteiger partial charge in [0.1, 0.15) is 18.4 Å². The molecule has 0 spiro atoms. The Morgan fingerprint density at radius 1 is 1.00 bits per heavy atom. The molecule has 2 aromatic rings. The summed E-state index contributed by atoms with van der Waals surface area (Å²) in [5.41, 5.74) is 1.64. The van der Waals surface area contributed by atoms with Gasteiger partial charge in [0.05, 0.1) is 6.04 Å². The van der Waals surface area contributed by atoms with Crippen LogP contribution in [0.1, 0.15) is 29.8 Å². The summed E-state index contributed by atoms with van der Waals surface area (Å²) in [5, 5.41) is 5.53. The van der Waals surface area contributed by atoms with Crippen LogP contribution in [0.5, 0.6) is 5.75 Å². The standard InChI is InChI=1S/C20H24N2O3/c1-14-8-7-11-18(12-14)25-13-15(2)21-19(23)16(3)22-20(24)17-9-5-4-6-10-17/h4-12,15-16H,13H2,1-3H3,(H,21,23)(H,22,24). The molecule has 0 aliphatic rings. The highest BCUT2D eigenvalue weighted by Crippen LogP contribution is 2.12. The summed E-state index contributed by atoms with van der Waals surface area (Å²) in [4.78, 5) is 24.3. The van der Waals surface area contributed by atoms with E-state index in [9.17, 15) is 9.59 Å². The van der Waals surface area contributed by atoms with Crippen molar-refractivity contribution in [2.45, 2.75) is 32.9 Å². The zero-order chi connectivity index (χ0) is 18.2. The maximum atomic E-state index is 12.2. The zero-order valence-electron chi connectivity index (χ0n) is 14.8. The lowest BCUT2D eigenvalue weighted by Crippen LogP contribution is -2.48. The van der Waals surface area contributed by atoms with Gasteiger partial charge in [-0.3, -0.25) is 9.59 Å². The molecule has 132 valence electrons. The number of rotatable bonds is 7. The molecule has 0 aliphatic heterocycles. The second-order valence-electron chi connectivity index (χ2n) is 6.10. The van der Waals surface area contributed by atoms with Gasteiger partial charge in [0.2, 0.25) is 5.91 Å². The summed E-state index contributed by atoms with van der Waals surface area (Å²) in [6.07, 6.45) is 0. The van der Waals surface area contributed by atoms with Gasteiger partial charge in [-0.1, -0.05) is 30.3 Å². The van der Waals surface area contributed by atoms with Crippen molar-refractivity contribution in [3.8, 4) is 5.75 Å². The van der Waals surface area contributed by atoms with E-state index < -0.39 is 6.04 Å². The topological polar surface area (TPSA) is 67.4 Å². The second kappa shape index (κ2) is 8.87. The zero-order valence-corrected chi connectivity index (χ0v) is 14.8. The number of hydrogen-bond acceptors (Lipinski definition) is 3. The number of aryl methyl sites for hydroxylation is 1.